The van der Waals surface area contributed by atoms with Gasteiger partial charge in [0.2, 0.25) is 0 Å². The summed E-state index contributed by atoms with van der Waals surface area (Å²) in [6, 6.07) is 10.3. The lowest BCUT2D eigenvalue weighted by Gasteiger charge is -2.12. The van der Waals surface area contributed by atoms with Crippen LogP contribution >= 0.6 is 11.3 Å². The first-order valence-corrected chi connectivity index (χ1v) is 7.05. The minimum Gasteiger partial charge on any atom is -0.395 e. The van der Waals surface area contributed by atoms with E-state index in [4.69, 9.17) is 5.11 Å². The number of hydrogen-bond acceptors (Lipinski definition) is 4. The first-order chi connectivity index (χ1) is 8.83. The summed E-state index contributed by atoms with van der Waals surface area (Å²) in [6.45, 7) is 2.95. The third-order valence-electron chi connectivity index (χ3n) is 2.88. The molecule has 0 amide bonds. The molecule has 96 valence electrons. The molecule has 1 unspecified atom stereocenters. The molecule has 1 atom stereocenters. The number of thiazole rings is 1. The van der Waals surface area contributed by atoms with Gasteiger partial charge in [0, 0.05) is 23.5 Å². The molecule has 1 heterocycles. The van der Waals surface area contributed by atoms with Crippen molar-refractivity contribution in [1.29, 1.82) is 0 Å². The maximum Gasteiger partial charge on any atom is 0.107 e. The van der Waals surface area contributed by atoms with Gasteiger partial charge in [-0.3, -0.25) is 0 Å². The SMILES string of the molecule is CCC(CO)NCc1nc(-c2ccccc2)cs1. The Balaban J connectivity index is 1.98. The fraction of sp³-hybridized carbons (Fsp3) is 0.357. The van der Waals surface area contributed by atoms with Crippen LogP contribution in [-0.4, -0.2) is 22.7 Å². The molecule has 3 nitrogen and oxygen atoms in total. The van der Waals surface area contributed by atoms with Crippen LogP contribution < -0.4 is 5.32 Å². The number of benzene rings is 1. The number of aliphatic hydroxyl groups is 1. The van der Waals surface area contributed by atoms with Crippen LogP contribution in [-0.2, 0) is 6.54 Å². The first kappa shape index (κ1) is 13.2. The zero-order valence-electron chi connectivity index (χ0n) is 10.5. The van der Waals surface area contributed by atoms with E-state index in [1.165, 1.54) is 0 Å². The second-order valence-corrected chi connectivity index (χ2v) is 5.10. The molecule has 2 rings (SSSR count). The van der Waals surface area contributed by atoms with Crippen molar-refractivity contribution in [2.45, 2.75) is 25.9 Å². The average molecular weight is 262 g/mol. The number of nitrogens with zero attached hydrogens (tertiary/aromatic N) is 1. The Hall–Kier alpha value is -1.23. The molecule has 0 fully saturated rings. The molecule has 2 N–H and O–H groups in total. The summed E-state index contributed by atoms with van der Waals surface area (Å²) in [5.41, 5.74) is 2.17. The third-order valence-corrected chi connectivity index (χ3v) is 3.73. The van der Waals surface area contributed by atoms with E-state index in [0.29, 0.717) is 0 Å². The van der Waals surface area contributed by atoms with Crippen molar-refractivity contribution in [1.82, 2.24) is 10.3 Å². The van der Waals surface area contributed by atoms with Crippen molar-refractivity contribution < 1.29 is 5.11 Å². The van der Waals surface area contributed by atoms with E-state index in [0.717, 1.165) is 29.2 Å². The highest BCUT2D eigenvalue weighted by atomic mass is 32.1. The predicted molar refractivity (Wildman–Crippen MR) is 75.6 cm³/mol. The summed E-state index contributed by atoms with van der Waals surface area (Å²) in [6.07, 6.45) is 0.924. The molecule has 2 aromatic rings. The van der Waals surface area contributed by atoms with E-state index >= 15 is 0 Å². The third kappa shape index (κ3) is 3.38. The molecule has 0 aliphatic rings. The lowest BCUT2D eigenvalue weighted by atomic mass is 10.2. The fourth-order valence-corrected chi connectivity index (χ4v) is 2.46. The van der Waals surface area contributed by atoms with E-state index in [9.17, 15) is 0 Å². The van der Waals surface area contributed by atoms with Crippen LogP contribution in [0.3, 0.4) is 0 Å². The van der Waals surface area contributed by atoms with E-state index in [1.807, 2.05) is 18.2 Å². The summed E-state index contributed by atoms with van der Waals surface area (Å²) in [5, 5.41) is 15.5. The van der Waals surface area contributed by atoms with Crippen molar-refractivity contribution in [2.75, 3.05) is 6.61 Å². The molecular formula is C14H18N2OS. The standard InChI is InChI=1S/C14H18N2OS/c1-2-12(9-17)15-8-14-16-13(10-18-14)11-6-4-3-5-7-11/h3-7,10,12,15,17H,2,8-9H2,1H3. The summed E-state index contributed by atoms with van der Waals surface area (Å²) < 4.78 is 0. The van der Waals surface area contributed by atoms with E-state index in [-0.39, 0.29) is 12.6 Å². The average Bonchev–Trinajstić information content (AvgIpc) is 2.90. The summed E-state index contributed by atoms with van der Waals surface area (Å²) in [5.74, 6) is 0. The van der Waals surface area contributed by atoms with Crippen molar-refractivity contribution in [3.63, 3.8) is 0 Å². The van der Waals surface area contributed by atoms with Crippen LogP contribution in [0.15, 0.2) is 35.7 Å². The van der Waals surface area contributed by atoms with E-state index in [2.05, 4.69) is 34.7 Å². The maximum atomic E-state index is 9.11. The van der Waals surface area contributed by atoms with Crippen molar-refractivity contribution in [3.05, 3.63) is 40.7 Å². The van der Waals surface area contributed by atoms with Crippen molar-refractivity contribution in [3.8, 4) is 11.3 Å². The van der Waals surface area contributed by atoms with Gasteiger partial charge >= 0.3 is 0 Å². The molecule has 1 aromatic heterocycles. The lowest BCUT2D eigenvalue weighted by Crippen LogP contribution is -2.31. The van der Waals surface area contributed by atoms with E-state index < -0.39 is 0 Å². The highest BCUT2D eigenvalue weighted by molar-refractivity contribution is 7.09. The van der Waals surface area contributed by atoms with Gasteiger partial charge in [0.05, 0.1) is 12.3 Å². The largest absolute Gasteiger partial charge is 0.395 e. The van der Waals surface area contributed by atoms with Crippen LogP contribution in [0.5, 0.6) is 0 Å². The topological polar surface area (TPSA) is 45.1 Å². The minimum atomic E-state index is 0.161. The number of rotatable bonds is 6. The maximum absolute atomic E-state index is 9.11. The van der Waals surface area contributed by atoms with Crippen LogP contribution in [0.4, 0.5) is 0 Å². The smallest absolute Gasteiger partial charge is 0.107 e. The van der Waals surface area contributed by atoms with Gasteiger partial charge in [-0.2, -0.15) is 0 Å². The Morgan fingerprint density at radius 2 is 2.11 bits per heavy atom. The Kier molecular flexibility index (Phi) is 4.87. The zero-order chi connectivity index (χ0) is 12.8. The van der Waals surface area contributed by atoms with Gasteiger partial charge in [-0.15, -0.1) is 11.3 Å². The molecule has 0 aliphatic heterocycles. The molecule has 0 radical (unpaired) electrons. The van der Waals surface area contributed by atoms with E-state index in [1.54, 1.807) is 11.3 Å². The van der Waals surface area contributed by atoms with Gasteiger partial charge in [-0.1, -0.05) is 37.3 Å². The van der Waals surface area contributed by atoms with Crippen molar-refractivity contribution in [2.24, 2.45) is 0 Å². The number of aliphatic hydroxyl groups excluding tert-OH is 1. The van der Waals surface area contributed by atoms with Gasteiger partial charge in [0.1, 0.15) is 5.01 Å². The second kappa shape index (κ2) is 6.64. The Morgan fingerprint density at radius 1 is 1.33 bits per heavy atom. The summed E-state index contributed by atoms with van der Waals surface area (Å²) >= 11 is 1.65. The van der Waals surface area contributed by atoms with Crippen molar-refractivity contribution >= 4 is 11.3 Å². The highest BCUT2D eigenvalue weighted by Crippen LogP contribution is 2.21. The van der Waals surface area contributed by atoms with Gasteiger partial charge in [-0.05, 0) is 6.42 Å². The predicted octanol–water partition coefficient (Wildman–Crippen LogP) is 2.67. The Labute approximate surface area is 112 Å². The lowest BCUT2D eigenvalue weighted by molar-refractivity contribution is 0.238. The van der Waals surface area contributed by atoms with Crippen LogP contribution in [0.25, 0.3) is 11.3 Å². The second-order valence-electron chi connectivity index (χ2n) is 4.16. The molecule has 0 spiro atoms. The molecule has 18 heavy (non-hydrogen) atoms. The fourth-order valence-electron chi connectivity index (χ4n) is 1.70. The Morgan fingerprint density at radius 3 is 2.78 bits per heavy atom. The normalized spacial score (nSPS) is 12.6. The minimum absolute atomic E-state index is 0.161. The van der Waals surface area contributed by atoms with Gasteiger partial charge in [-0.25, -0.2) is 4.98 Å². The molecule has 0 saturated heterocycles. The van der Waals surface area contributed by atoms with Gasteiger partial charge < -0.3 is 10.4 Å². The molecule has 1 aromatic carbocycles. The highest BCUT2D eigenvalue weighted by Gasteiger charge is 2.07. The van der Waals surface area contributed by atoms with Crippen LogP contribution in [0, 0.1) is 0 Å². The molecular weight excluding hydrogens is 244 g/mol. The quantitative estimate of drug-likeness (QED) is 0.841. The molecule has 0 bridgehead atoms. The molecule has 0 saturated carbocycles. The van der Waals surface area contributed by atoms with Crippen LogP contribution in [0.2, 0.25) is 0 Å². The number of aromatic nitrogens is 1. The van der Waals surface area contributed by atoms with Gasteiger partial charge in [0.25, 0.3) is 0 Å². The van der Waals surface area contributed by atoms with Crippen LogP contribution in [0.1, 0.15) is 18.4 Å². The number of hydrogen-bond donors (Lipinski definition) is 2. The molecule has 0 aliphatic carbocycles. The summed E-state index contributed by atoms with van der Waals surface area (Å²) in [4.78, 5) is 4.60. The first-order valence-electron chi connectivity index (χ1n) is 6.17. The monoisotopic (exact) mass is 262 g/mol. The Bertz CT molecular complexity index is 466. The summed E-state index contributed by atoms with van der Waals surface area (Å²) in [7, 11) is 0. The molecule has 4 heteroatoms. The number of nitrogens with one attached hydrogen (secondary N) is 1. The zero-order valence-corrected chi connectivity index (χ0v) is 11.3. The van der Waals surface area contributed by atoms with Gasteiger partial charge in [0.15, 0.2) is 0 Å².